The van der Waals surface area contributed by atoms with E-state index in [-0.39, 0.29) is 11.8 Å². The number of rotatable bonds is 3. The first-order valence-corrected chi connectivity index (χ1v) is 6.42. The van der Waals surface area contributed by atoms with Crippen LogP contribution in [0.3, 0.4) is 0 Å². The molecule has 0 saturated carbocycles. The number of esters is 1. The minimum atomic E-state index is -0.656. The minimum Gasteiger partial charge on any atom is -0.454 e. The first-order valence-electron chi connectivity index (χ1n) is 4.84. The zero-order valence-electron chi connectivity index (χ0n) is 9.28. The van der Waals surface area contributed by atoms with Gasteiger partial charge in [-0.05, 0) is 63.9 Å². The van der Waals surface area contributed by atoms with E-state index in [1.807, 2.05) is 0 Å². The van der Waals surface area contributed by atoms with Crippen LogP contribution in [0.4, 0.5) is 0 Å². The predicted molar refractivity (Wildman–Crippen MR) is 70.8 cm³/mol. The molecule has 17 heavy (non-hydrogen) atoms. The van der Waals surface area contributed by atoms with Gasteiger partial charge in [0.1, 0.15) is 0 Å². The van der Waals surface area contributed by atoms with Crippen LogP contribution in [0.1, 0.15) is 19.4 Å². The van der Waals surface area contributed by atoms with Crippen molar-refractivity contribution >= 4 is 43.5 Å². The van der Waals surface area contributed by atoms with Gasteiger partial charge >= 0.3 is 11.7 Å². The van der Waals surface area contributed by atoms with E-state index in [1.54, 1.807) is 32.0 Å². The maximum atomic E-state index is 11.6. The summed E-state index contributed by atoms with van der Waals surface area (Å²) in [5.41, 5.74) is 9.24. The standard InChI is InChI=1S/C11H10Br2N2O2/c1-6(2)17-11(16)10(15-14)7-3-4-8(12)9(13)5-7/h3-6H,1-2H3. The van der Waals surface area contributed by atoms with Crippen molar-refractivity contribution in [3.8, 4) is 0 Å². The number of nitrogens with zero attached hydrogens (tertiary/aromatic N) is 2. The molecule has 0 spiro atoms. The van der Waals surface area contributed by atoms with Gasteiger partial charge < -0.3 is 10.3 Å². The number of halogens is 2. The van der Waals surface area contributed by atoms with Crippen molar-refractivity contribution in [3.05, 3.63) is 38.2 Å². The normalized spacial score (nSPS) is 9.94. The van der Waals surface area contributed by atoms with Crippen LogP contribution in [0.25, 0.3) is 5.53 Å². The zero-order chi connectivity index (χ0) is 13.0. The number of hydrogen-bond acceptors (Lipinski definition) is 2. The molecule has 4 nitrogen and oxygen atoms in total. The molecule has 0 unspecified atom stereocenters. The second kappa shape index (κ2) is 6.10. The number of carbonyl (C=O) groups is 1. The highest BCUT2D eigenvalue weighted by Gasteiger charge is 2.25. The van der Waals surface area contributed by atoms with Gasteiger partial charge in [-0.1, -0.05) is 0 Å². The first-order chi connectivity index (χ1) is 7.95. The molecule has 0 heterocycles. The van der Waals surface area contributed by atoms with Crippen LogP contribution in [0, 0.1) is 0 Å². The average molecular weight is 362 g/mol. The van der Waals surface area contributed by atoms with Gasteiger partial charge in [0.2, 0.25) is 0 Å². The van der Waals surface area contributed by atoms with Crippen LogP contribution in [0.15, 0.2) is 27.1 Å². The van der Waals surface area contributed by atoms with Crippen molar-refractivity contribution in [1.82, 2.24) is 0 Å². The van der Waals surface area contributed by atoms with E-state index in [0.29, 0.717) is 5.56 Å². The van der Waals surface area contributed by atoms with Crippen LogP contribution >= 0.6 is 31.9 Å². The third-order valence-electron chi connectivity index (χ3n) is 1.83. The lowest BCUT2D eigenvalue weighted by molar-refractivity contribution is -0.143. The van der Waals surface area contributed by atoms with Crippen molar-refractivity contribution in [3.63, 3.8) is 0 Å². The lowest BCUT2D eigenvalue weighted by atomic mass is 10.1. The Morgan fingerprint density at radius 3 is 2.47 bits per heavy atom. The molecule has 0 aliphatic carbocycles. The molecule has 0 atom stereocenters. The molecule has 1 aromatic carbocycles. The maximum absolute atomic E-state index is 11.6. The number of hydrogen-bond donors (Lipinski definition) is 0. The molecule has 1 rings (SSSR count). The smallest absolute Gasteiger partial charge is 0.422 e. The molecule has 0 aliphatic heterocycles. The summed E-state index contributed by atoms with van der Waals surface area (Å²) in [7, 11) is 0. The summed E-state index contributed by atoms with van der Waals surface area (Å²) in [5.74, 6) is -0.656. The molecular formula is C11H10Br2N2O2. The van der Waals surface area contributed by atoms with Crippen LogP contribution in [0.5, 0.6) is 0 Å². The van der Waals surface area contributed by atoms with Gasteiger partial charge in [-0.2, -0.15) is 4.79 Å². The summed E-state index contributed by atoms with van der Waals surface area (Å²) in [6.07, 6.45) is -0.266. The molecule has 90 valence electrons. The molecule has 0 N–H and O–H groups in total. The minimum absolute atomic E-state index is 0.119. The SMILES string of the molecule is CC(C)OC(=O)C(=[N+]=[N-])c1ccc(Br)c(Br)c1. The van der Waals surface area contributed by atoms with Crippen LogP contribution < -0.4 is 0 Å². The average Bonchev–Trinajstić information content (AvgIpc) is 2.23. The lowest BCUT2D eigenvalue weighted by Gasteiger charge is -2.05. The van der Waals surface area contributed by atoms with E-state index in [4.69, 9.17) is 10.3 Å². The summed E-state index contributed by atoms with van der Waals surface area (Å²) in [6, 6.07) is 5.07. The Morgan fingerprint density at radius 2 is 2.00 bits per heavy atom. The molecule has 0 radical (unpaired) electrons. The van der Waals surface area contributed by atoms with Gasteiger partial charge in [0, 0.05) is 8.95 Å². The van der Waals surface area contributed by atoms with Crippen molar-refractivity contribution < 1.29 is 14.3 Å². The van der Waals surface area contributed by atoms with Crippen LogP contribution in [-0.4, -0.2) is 22.6 Å². The molecule has 6 heteroatoms. The van der Waals surface area contributed by atoms with Crippen LogP contribution in [-0.2, 0) is 9.53 Å². The predicted octanol–water partition coefficient (Wildman–Crippen LogP) is 3.18. The molecule has 0 aliphatic rings. The summed E-state index contributed by atoms with van der Waals surface area (Å²) < 4.78 is 6.57. The van der Waals surface area contributed by atoms with Gasteiger partial charge in [-0.15, -0.1) is 0 Å². The van der Waals surface area contributed by atoms with Crippen molar-refractivity contribution in [2.45, 2.75) is 20.0 Å². The van der Waals surface area contributed by atoms with E-state index in [2.05, 4.69) is 36.6 Å². The topological polar surface area (TPSA) is 62.7 Å². The Kier molecular flexibility index (Phi) is 5.05. The number of benzene rings is 1. The molecule has 1 aromatic rings. The van der Waals surface area contributed by atoms with Gasteiger partial charge in [0.05, 0.1) is 11.7 Å². The summed E-state index contributed by atoms with van der Waals surface area (Å²) >= 11 is 6.62. The third-order valence-corrected chi connectivity index (χ3v) is 3.71. The highest BCUT2D eigenvalue weighted by molar-refractivity contribution is 9.13. The Labute approximate surface area is 116 Å². The summed E-state index contributed by atoms with van der Waals surface area (Å²) in [4.78, 5) is 14.6. The van der Waals surface area contributed by atoms with Gasteiger partial charge in [0.15, 0.2) is 0 Å². The molecule has 0 aromatic heterocycles. The Hall–Kier alpha value is -0.970. The Bertz CT molecular complexity index is 494. The maximum Gasteiger partial charge on any atom is 0.422 e. The molecule has 0 amide bonds. The lowest BCUT2D eigenvalue weighted by Crippen LogP contribution is -2.23. The molecule has 0 bridgehead atoms. The fourth-order valence-electron chi connectivity index (χ4n) is 1.13. The molecule has 0 saturated heterocycles. The quantitative estimate of drug-likeness (QED) is 0.359. The van der Waals surface area contributed by atoms with E-state index < -0.39 is 5.97 Å². The second-order valence-corrected chi connectivity index (χ2v) is 5.24. The van der Waals surface area contributed by atoms with E-state index in [9.17, 15) is 4.79 Å². The monoisotopic (exact) mass is 360 g/mol. The van der Waals surface area contributed by atoms with Crippen molar-refractivity contribution in [2.24, 2.45) is 0 Å². The highest BCUT2D eigenvalue weighted by atomic mass is 79.9. The van der Waals surface area contributed by atoms with E-state index in [0.717, 1.165) is 8.95 Å². The second-order valence-electron chi connectivity index (χ2n) is 3.53. The first kappa shape index (κ1) is 14.1. The fourth-order valence-corrected chi connectivity index (χ4v) is 1.76. The van der Waals surface area contributed by atoms with E-state index in [1.165, 1.54) is 0 Å². The third kappa shape index (κ3) is 3.77. The summed E-state index contributed by atoms with van der Waals surface area (Å²) in [6.45, 7) is 3.45. The van der Waals surface area contributed by atoms with Crippen molar-refractivity contribution in [1.29, 1.82) is 0 Å². The molecule has 0 fully saturated rings. The van der Waals surface area contributed by atoms with Gasteiger partial charge in [-0.25, -0.2) is 4.79 Å². The Balaban J connectivity index is 3.07. The molecular weight excluding hydrogens is 352 g/mol. The zero-order valence-corrected chi connectivity index (χ0v) is 12.4. The number of carbonyl (C=O) groups excluding carboxylic acids is 1. The van der Waals surface area contributed by atoms with Crippen molar-refractivity contribution in [2.75, 3.05) is 0 Å². The number of ether oxygens (including phenoxy) is 1. The van der Waals surface area contributed by atoms with Gasteiger partial charge in [0.25, 0.3) is 0 Å². The van der Waals surface area contributed by atoms with Gasteiger partial charge in [-0.3, -0.25) is 0 Å². The highest BCUT2D eigenvalue weighted by Crippen LogP contribution is 2.24. The summed E-state index contributed by atoms with van der Waals surface area (Å²) in [5, 5.41) is 0. The van der Waals surface area contributed by atoms with Crippen LogP contribution in [0.2, 0.25) is 0 Å². The Morgan fingerprint density at radius 1 is 1.35 bits per heavy atom. The van der Waals surface area contributed by atoms with E-state index >= 15 is 0 Å². The fraction of sp³-hybridized carbons (Fsp3) is 0.273. The largest absolute Gasteiger partial charge is 0.454 e.